The summed E-state index contributed by atoms with van der Waals surface area (Å²) in [7, 11) is -2.79. The van der Waals surface area contributed by atoms with Crippen molar-refractivity contribution >= 4 is 21.7 Å². The maximum Gasteiger partial charge on any atom is 0.416 e. The zero-order valence-corrected chi connectivity index (χ0v) is 10.5. The average molecular weight is 296 g/mol. The number of anilines is 1. The Morgan fingerprint density at radius 1 is 1.37 bits per heavy atom. The Hall–Kier alpha value is -1.81. The van der Waals surface area contributed by atoms with E-state index in [9.17, 15) is 21.6 Å². The number of benzene rings is 1. The van der Waals surface area contributed by atoms with Crippen molar-refractivity contribution in [3.8, 4) is 0 Å². The largest absolute Gasteiger partial charge is 0.416 e. The Kier molecular flexibility index (Phi) is 4.06. The second-order valence-corrected chi connectivity index (χ2v) is 5.10. The molecule has 10 heteroatoms. The lowest BCUT2D eigenvalue weighted by Crippen LogP contribution is -2.28. The smallest absolute Gasteiger partial charge is 0.384 e. The van der Waals surface area contributed by atoms with Crippen molar-refractivity contribution in [3.63, 3.8) is 0 Å². The highest BCUT2D eigenvalue weighted by Crippen LogP contribution is 2.31. The monoisotopic (exact) mass is 296 g/mol. The lowest BCUT2D eigenvalue weighted by atomic mass is 10.1. The molecule has 106 valence electrons. The van der Waals surface area contributed by atoms with E-state index in [1.165, 1.54) is 0 Å². The number of amidine groups is 1. The first-order valence-electron chi connectivity index (χ1n) is 4.84. The first-order valence-corrected chi connectivity index (χ1v) is 6.32. The van der Waals surface area contributed by atoms with Crippen LogP contribution in [0.1, 0.15) is 11.1 Å². The highest BCUT2D eigenvalue weighted by Gasteiger charge is 2.31. The fraction of sp³-hybridized carbons (Fsp3) is 0.222. The van der Waals surface area contributed by atoms with Gasteiger partial charge in [0.05, 0.1) is 11.3 Å². The lowest BCUT2D eigenvalue weighted by molar-refractivity contribution is -0.137. The van der Waals surface area contributed by atoms with Gasteiger partial charge in [0.15, 0.2) is 0 Å². The number of nitrogen functional groups attached to an aromatic ring is 1. The predicted molar refractivity (Wildman–Crippen MR) is 64.1 cm³/mol. The molecule has 1 aromatic carbocycles. The van der Waals surface area contributed by atoms with Crippen LogP contribution < -0.4 is 15.2 Å². The summed E-state index contributed by atoms with van der Waals surface area (Å²) in [5, 5.41) is 7.20. The zero-order chi connectivity index (χ0) is 14.8. The van der Waals surface area contributed by atoms with Crippen LogP contribution in [0.3, 0.4) is 0 Å². The third-order valence-corrected chi connectivity index (χ3v) is 3.18. The van der Waals surface area contributed by atoms with Crippen molar-refractivity contribution in [2.45, 2.75) is 6.18 Å². The number of nitrogens with one attached hydrogen (secondary N) is 3. The van der Waals surface area contributed by atoms with Crippen molar-refractivity contribution in [3.05, 3.63) is 29.3 Å². The third-order valence-electron chi connectivity index (χ3n) is 2.15. The van der Waals surface area contributed by atoms with Crippen LogP contribution in [0, 0.1) is 5.41 Å². The van der Waals surface area contributed by atoms with Crippen molar-refractivity contribution < 1.29 is 21.6 Å². The predicted octanol–water partition coefficient (Wildman–Crippen LogP) is 0.866. The van der Waals surface area contributed by atoms with E-state index in [-0.39, 0.29) is 11.3 Å². The normalized spacial score (nSPS) is 12.2. The molecule has 0 radical (unpaired) electrons. The molecule has 0 spiro atoms. The molecule has 1 rings (SSSR count). The number of nitrogens with two attached hydrogens (primary N) is 1. The van der Waals surface area contributed by atoms with Crippen molar-refractivity contribution in [1.29, 1.82) is 5.41 Å². The first-order chi connectivity index (χ1) is 8.57. The Balaban J connectivity index is 3.32. The van der Waals surface area contributed by atoms with Gasteiger partial charge in [0, 0.05) is 12.6 Å². The van der Waals surface area contributed by atoms with Crippen LogP contribution in [0.4, 0.5) is 18.9 Å². The van der Waals surface area contributed by atoms with Crippen LogP contribution in [0.2, 0.25) is 0 Å². The summed E-state index contributed by atoms with van der Waals surface area (Å²) in [5.41, 5.74) is 3.56. The highest BCUT2D eigenvalue weighted by atomic mass is 32.2. The molecule has 0 aromatic heterocycles. The number of halogens is 3. The number of rotatable bonds is 4. The third kappa shape index (κ3) is 3.83. The summed E-state index contributed by atoms with van der Waals surface area (Å²) in [4.78, 5) is 0. The highest BCUT2D eigenvalue weighted by molar-refractivity contribution is 7.90. The molecule has 1 aromatic rings. The summed E-state index contributed by atoms with van der Waals surface area (Å²) in [6, 6.07) is 2.20. The molecule has 19 heavy (non-hydrogen) atoms. The molecule has 6 nitrogen and oxygen atoms in total. The molecule has 0 aliphatic rings. The van der Waals surface area contributed by atoms with Crippen molar-refractivity contribution in [2.24, 2.45) is 5.73 Å². The Morgan fingerprint density at radius 2 is 1.95 bits per heavy atom. The van der Waals surface area contributed by atoms with Gasteiger partial charge in [-0.2, -0.15) is 21.6 Å². The Labute approximate surface area is 107 Å². The minimum absolute atomic E-state index is 0.213. The van der Waals surface area contributed by atoms with E-state index < -0.39 is 27.8 Å². The molecule has 0 atom stereocenters. The Morgan fingerprint density at radius 3 is 2.37 bits per heavy atom. The van der Waals surface area contributed by atoms with Gasteiger partial charge in [0.25, 0.3) is 10.2 Å². The number of hydrogen-bond acceptors (Lipinski definition) is 3. The standard InChI is InChI=1S/C9H11F3N4O2S/c1-15-19(17,18)16-7-3-2-5(9(10,11)12)4-6(7)8(13)14/h2-4,15-16H,1H3,(H3,13,14). The maximum absolute atomic E-state index is 12.5. The van der Waals surface area contributed by atoms with E-state index >= 15 is 0 Å². The molecule has 0 unspecified atom stereocenters. The van der Waals surface area contributed by atoms with E-state index in [0.29, 0.717) is 12.1 Å². The summed E-state index contributed by atoms with van der Waals surface area (Å²) < 4.78 is 64.0. The molecule has 0 fully saturated rings. The van der Waals surface area contributed by atoms with Gasteiger partial charge in [-0.05, 0) is 18.2 Å². The summed E-state index contributed by atoms with van der Waals surface area (Å²) in [5.74, 6) is -0.681. The molecular formula is C9H11F3N4O2S. The summed E-state index contributed by atoms with van der Waals surface area (Å²) >= 11 is 0. The molecule has 0 bridgehead atoms. The molecule has 0 saturated carbocycles. The molecule has 5 N–H and O–H groups in total. The maximum atomic E-state index is 12.5. The van der Waals surface area contributed by atoms with E-state index in [4.69, 9.17) is 11.1 Å². The molecule has 0 aliphatic carbocycles. The van der Waals surface area contributed by atoms with E-state index in [1.54, 1.807) is 0 Å². The molecule has 0 amide bonds. The fourth-order valence-electron chi connectivity index (χ4n) is 1.23. The second-order valence-electron chi connectivity index (χ2n) is 3.48. The van der Waals surface area contributed by atoms with Crippen LogP contribution in [0.15, 0.2) is 18.2 Å². The van der Waals surface area contributed by atoms with E-state index in [1.807, 2.05) is 9.44 Å². The van der Waals surface area contributed by atoms with Gasteiger partial charge < -0.3 is 5.73 Å². The van der Waals surface area contributed by atoms with Gasteiger partial charge in [-0.1, -0.05) is 0 Å². The van der Waals surface area contributed by atoms with Crippen molar-refractivity contribution in [2.75, 3.05) is 11.8 Å². The lowest BCUT2D eigenvalue weighted by Gasteiger charge is -2.14. The second kappa shape index (κ2) is 5.05. The van der Waals surface area contributed by atoms with Gasteiger partial charge >= 0.3 is 6.18 Å². The van der Waals surface area contributed by atoms with Crippen LogP contribution in [-0.4, -0.2) is 21.3 Å². The molecular weight excluding hydrogens is 285 g/mol. The van der Waals surface area contributed by atoms with Crippen LogP contribution in [-0.2, 0) is 16.4 Å². The first kappa shape index (κ1) is 15.2. The van der Waals surface area contributed by atoms with Gasteiger partial charge in [-0.3, -0.25) is 10.1 Å². The Bertz CT molecular complexity index is 598. The number of alkyl halides is 3. The fourth-order valence-corrected chi connectivity index (χ4v) is 1.80. The average Bonchev–Trinajstić information content (AvgIpc) is 2.27. The van der Waals surface area contributed by atoms with Crippen molar-refractivity contribution in [1.82, 2.24) is 4.72 Å². The van der Waals surface area contributed by atoms with Gasteiger partial charge in [0.1, 0.15) is 5.84 Å². The van der Waals surface area contributed by atoms with Crippen LogP contribution in [0.5, 0.6) is 0 Å². The van der Waals surface area contributed by atoms with E-state index in [2.05, 4.69) is 0 Å². The molecule has 0 aliphatic heterocycles. The quantitative estimate of drug-likeness (QED) is 0.489. The summed E-state index contributed by atoms with van der Waals surface area (Å²) in [6.45, 7) is 0. The molecule has 0 saturated heterocycles. The minimum Gasteiger partial charge on any atom is -0.384 e. The summed E-state index contributed by atoms with van der Waals surface area (Å²) in [6.07, 6.45) is -4.61. The van der Waals surface area contributed by atoms with Crippen LogP contribution in [0.25, 0.3) is 0 Å². The van der Waals surface area contributed by atoms with E-state index in [0.717, 1.165) is 13.1 Å². The topological polar surface area (TPSA) is 108 Å². The zero-order valence-electron chi connectivity index (χ0n) is 9.67. The van der Waals surface area contributed by atoms with Gasteiger partial charge in [-0.25, -0.2) is 4.72 Å². The molecule has 0 heterocycles. The van der Waals surface area contributed by atoms with Gasteiger partial charge in [0.2, 0.25) is 0 Å². The number of hydrogen-bond donors (Lipinski definition) is 4. The SMILES string of the molecule is CNS(=O)(=O)Nc1ccc(C(F)(F)F)cc1C(=N)N. The minimum atomic E-state index is -4.61. The van der Waals surface area contributed by atoms with Crippen LogP contribution >= 0.6 is 0 Å². The van der Waals surface area contributed by atoms with Gasteiger partial charge in [-0.15, -0.1) is 0 Å².